The van der Waals surface area contributed by atoms with Crippen LogP contribution >= 0.6 is 47.2 Å². The first-order chi connectivity index (χ1) is 11.5. The molecule has 1 aromatic carbocycles. The molecule has 25 heavy (non-hydrogen) atoms. The van der Waals surface area contributed by atoms with Crippen LogP contribution in [-0.4, -0.2) is 36.0 Å². The molecule has 0 amide bonds. The smallest absolute Gasteiger partial charge is 0.189 e. The molecule has 1 atom stereocenters. The first-order valence-electron chi connectivity index (χ1n) is 8.81. The van der Waals surface area contributed by atoms with Gasteiger partial charge in [0.1, 0.15) is 0 Å². The minimum atomic E-state index is -0.00325. The van der Waals surface area contributed by atoms with Gasteiger partial charge in [-0.3, -0.25) is 0 Å². The number of piperidine rings is 1. The van der Waals surface area contributed by atoms with E-state index in [2.05, 4.69) is 15.2 Å². The molecule has 3 N–H and O–H groups in total. The van der Waals surface area contributed by atoms with Crippen LogP contribution in [0.25, 0.3) is 0 Å². The summed E-state index contributed by atoms with van der Waals surface area (Å²) in [5, 5.41) is 4.51. The van der Waals surface area contributed by atoms with Crippen LogP contribution in [0.4, 0.5) is 0 Å². The Kier molecular flexibility index (Phi) is 8.11. The molecule has 140 valence electrons. The highest BCUT2D eigenvalue weighted by Gasteiger charge is 2.34. The van der Waals surface area contributed by atoms with Crippen LogP contribution in [0.15, 0.2) is 23.2 Å². The molecule has 1 aliphatic heterocycles. The monoisotopic (exact) mass is 496 g/mol. The summed E-state index contributed by atoms with van der Waals surface area (Å²) in [6.45, 7) is 4.52. The number of nitrogens with two attached hydrogens (primary N) is 1. The van der Waals surface area contributed by atoms with Crippen molar-refractivity contribution in [1.82, 2.24) is 10.2 Å². The number of hydrogen-bond donors (Lipinski definition) is 2. The predicted molar refractivity (Wildman–Crippen MR) is 117 cm³/mol. The molecule has 0 bridgehead atoms. The van der Waals surface area contributed by atoms with Crippen molar-refractivity contribution in [3.05, 3.63) is 33.8 Å². The summed E-state index contributed by atoms with van der Waals surface area (Å²) >= 11 is 12.2. The molecule has 1 aromatic rings. The van der Waals surface area contributed by atoms with Crippen LogP contribution in [0, 0.1) is 0 Å². The highest BCUT2D eigenvalue weighted by molar-refractivity contribution is 14.0. The number of rotatable bonds is 4. The Morgan fingerprint density at radius 3 is 2.56 bits per heavy atom. The van der Waals surface area contributed by atoms with E-state index in [1.165, 1.54) is 32.4 Å². The number of likely N-dealkylation sites (tertiary alicyclic amines) is 1. The molecule has 4 nitrogen and oxygen atoms in total. The Morgan fingerprint density at radius 2 is 1.92 bits per heavy atom. The van der Waals surface area contributed by atoms with Gasteiger partial charge in [0.25, 0.3) is 0 Å². The standard InChI is InChI=1S/C18H26Cl2N4.HI/c1-12(16-6-5-13(19)9-17(16)20)22-18(21)23-14-10-15(11-14)24-7-3-2-4-8-24;/h5-6,9,12,14-15H,2-4,7-8,10-11H2,1H3,(H3,21,22,23);1H. The fourth-order valence-electron chi connectivity index (χ4n) is 3.63. The molecule has 1 saturated carbocycles. The van der Waals surface area contributed by atoms with Gasteiger partial charge < -0.3 is 16.0 Å². The lowest BCUT2D eigenvalue weighted by molar-refractivity contribution is 0.0911. The third-order valence-corrected chi connectivity index (χ3v) is 5.67. The van der Waals surface area contributed by atoms with Crippen LogP contribution in [0.1, 0.15) is 50.6 Å². The highest BCUT2D eigenvalue weighted by Crippen LogP contribution is 2.30. The van der Waals surface area contributed by atoms with Crippen molar-refractivity contribution in [2.24, 2.45) is 10.7 Å². The summed E-state index contributed by atoms with van der Waals surface area (Å²) < 4.78 is 0. The van der Waals surface area contributed by atoms with Gasteiger partial charge in [-0.25, -0.2) is 4.99 Å². The summed E-state index contributed by atoms with van der Waals surface area (Å²) in [6.07, 6.45) is 6.31. The Balaban J connectivity index is 0.00000225. The maximum atomic E-state index is 6.25. The van der Waals surface area contributed by atoms with Gasteiger partial charge in [-0.1, -0.05) is 35.7 Å². The van der Waals surface area contributed by atoms with E-state index in [1.54, 1.807) is 6.07 Å². The molecule has 1 saturated heterocycles. The fraction of sp³-hybridized carbons (Fsp3) is 0.611. The zero-order valence-electron chi connectivity index (χ0n) is 14.5. The molecule has 1 unspecified atom stereocenters. The predicted octanol–water partition coefficient (Wildman–Crippen LogP) is 4.59. The van der Waals surface area contributed by atoms with Crippen molar-refractivity contribution in [2.75, 3.05) is 13.1 Å². The molecule has 3 rings (SSSR count). The van der Waals surface area contributed by atoms with Crippen molar-refractivity contribution in [1.29, 1.82) is 0 Å². The zero-order chi connectivity index (χ0) is 17.1. The van der Waals surface area contributed by atoms with E-state index in [-0.39, 0.29) is 30.0 Å². The Hall–Kier alpha value is -0.240. The molecular formula is C18H27Cl2IN4. The van der Waals surface area contributed by atoms with Crippen molar-refractivity contribution in [2.45, 2.75) is 57.2 Å². The highest BCUT2D eigenvalue weighted by atomic mass is 127. The van der Waals surface area contributed by atoms with Gasteiger partial charge in [0, 0.05) is 16.1 Å². The number of aliphatic imine (C=N–C) groups is 1. The lowest BCUT2D eigenvalue weighted by Gasteiger charge is -2.43. The molecule has 1 heterocycles. The molecule has 0 spiro atoms. The second-order valence-electron chi connectivity index (χ2n) is 6.92. The number of guanidine groups is 1. The van der Waals surface area contributed by atoms with E-state index in [4.69, 9.17) is 28.9 Å². The normalized spacial score (nSPS) is 25.6. The molecule has 2 aliphatic rings. The Labute approximate surface area is 177 Å². The summed E-state index contributed by atoms with van der Waals surface area (Å²) in [7, 11) is 0. The second kappa shape index (κ2) is 9.62. The van der Waals surface area contributed by atoms with Gasteiger partial charge in [0.2, 0.25) is 0 Å². The molecule has 2 fully saturated rings. The van der Waals surface area contributed by atoms with Gasteiger partial charge in [-0.15, -0.1) is 24.0 Å². The van der Waals surface area contributed by atoms with Gasteiger partial charge in [0.05, 0.1) is 12.1 Å². The summed E-state index contributed by atoms with van der Waals surface area (Å²) in [5.74, 6) is 0.496. The molecule has 0 radical (unpaired) electrons. The van der Waals surface area contributed by atoms with Crippen molar-refractivity contribution in [3.8, 4) is 0 Å². The largest absolute Gasteiger partial charge is 0.370 e. The second-order valence-corrected chi connectivity index (χ2v) is 7.77. The molecule has 7 heteroatoms. The zero-order valence-corrected chi connectivity index (χ0v) is 18.4. The van der Waals surface area contributed by atoms with Crippen molar-refractivity contribution < 1.29 is 0 Å². The lowest BCUT2D eigenvalue weighted by Crippen LogP contribution is -2.49. The maximum Gasteiger partial charge on any atom is 0.189 e. The maximum absolute atomic E-state index is 6.25. The van der Waals surface area contributed by atoms with Crippen LogP contribution in [0.2, 0.25) is 10.0 Å². The van der Waals surface area contributed by atoms with E-state index in [0.717, 1.165) is 18.4 Å². The molecule has 0 aromatic heterocycles. The first-order valence-corrected chi connectivity index (χ1v) is 9.57. The number of hydrogen-bond acceptors (Lipinski definition) is 2. The van der Waals surface area contributed by atoms with Crippen LogP contribution in [0.3, 0.4) is 0 Å². The molecular weight excluding hydrogens is 470 g/mol. The average molecular weight is 497 g/mol. The fourth-order valence-corrected chi connectivity index (χ4v) is 4.20. The summed E-state index contributed by atoms with van der Waals surface area (Å²) in [5.41, 5.74) is 7.05. The van der Waals surface area contributed by atoms with Crippen LogP contribution < -0.4 is 11.1 Å². The van der Waals surface area contributed by atoms with Crippen molar-refractivity contribution >= 4 is 53.1 Å². The van der Waals surface area contributed by atoms with Gasteiger partial charge in [-0.2, -0.15) is 0 Å². The van der Waals surface area contributed by atoms with Crippen molar-refractivity contribution in [3.63, 3.8) is 0 Å². The first kappa shape index (κ1) is 21.1. The van der Waals surface area contributed by atoms with E-state index in [9.17, 15) is 0 Å². The van der Waals surface area contributed by atoms with E-state index in [0.29, 0.717) is 28.1 Å². The Morgan fingerprint density at radius 1 is 1.24 bits per heavy atom. The van der Waals surface area contributed by atoms with Crippen LogP contribution in [-0.2, 0) is 0 Å². The van der Waals surface area contributed by atoms with Gasteiger partial charge in [0.15, 0.2) is 5.96 Å². The topological polar surface area (TPSA) is 53.6 Å². The average Bonchev–Trinajstić information content (AvgIpc) is 2.51. The molecule has 1 aliphatic carbocycles. The SMILES string of the molecule is CC(NC(N)=NC1CC(N2CCCCC2)C1)c1ccc(Cl)cc1Cl.I. The van der Waals surface area contributed by atoms with E-state index >= 15 is 0 Å². The van der Waals surface area contributed by atoms with Crippen LogP contribution in [0.5, 0.6) is 0 Å². The van der Waals surface area contributed by atoms with E-state index in [1.807, 2.05) is 19.1 Å². The number of nitrogens with one attached hydrogen (secondary N) is 1. The van der Waals surface area contributed by atoms with Gasteiger partial charge in [-0.05, 0) is 63.4 Å². The minimum absolute atomic E-state index is 0. The summed E-state index contributed by atoms with van der Waals surface area (Å²) in [6, 6.07) is 6.55. The lowest BCUT2D eigenvalue weighted by atomic mass is 9.85. The summed E-state index contributed by atoms with van der Waals surface area (Å²) in [4.78, 5) is 7.25. The number of halogens is 3. The third-order valence-electron chi connectivity index (χ3n) is 5.11. The van der Waals surface area contributed by atoms with Gasteiger partial charge >= 0.3 is 0 Å². The third kappa shape index (κ3) is 5.62. The number of nitrogens with zero attached hydrogens (tertiary/aromatic N) is 2. The number of benzene rings is 1. The Bertz CT molecular complexity index is 599. The minimum Gasteiger partial charge on any atom is -0.370 e. The quantitative estimate of drug-likeness (QED) is 0.364. The van der Waals surface area contributed by atoms with E-state index < -0.39 is 0 Å².